The lowest BCUT2D eigenvalue weighted by Gasteiger charge is -2.11. The highest BCUT2D eigenvalue weighted by atomic mass is 16.6. The van der Waals surface area contributed by atoms with Gasteiger partial charge in [0.1, 0.15) is 0 Å². The van der Waals surface area contributed by atoms with Crippen molar-refractivity contribution in [1.82, 2.24) is 10.1 Å². The summed E-state index contributed by atoms with van der Waals surface area (Å²) in [6.45, 7) is 11.3. The minimum atomic E-state index is -0.545. The van der Waals surface area contributed by atoms with Crippen molar-refractivity contribution >= 4 is 5.97 Å². The third-order valence-electron chi connectivity index (χ3n) is 2.16. The van der Waals surface area contributed by atoms with E-state index in [4.69, 9.17) is 9.26 Å². The van der Waals surface area contributed by atoms with Crippen LogP contribution < -0.4 is 0 Å². The summed E-state index contributed by atoms with van der Waals surface area (Å²) >= 11 is 0. The molecule has 1 rings (SSSR count). The van der Waals surface area contributed by atoms with Gasteiger partial charge in [0.05, 0.1) is 0 Å². The summed E-state index contributed by atoms with van der Waals surface area (Å²) in [5, 5.41) is 3.88. The molecule has 0 saturated heterocycles. The molecule has 0 radical (unpaired) electrons. The van der Waals surface area contributed by atoms with Gasteiger partial charge in [0.25, 0.3) is 5.89 Å². The van der Waals surface area contributed by atoms with Crippen molar-refractivity contribution in [2.45, 2.75) is 53.1 Å². The molecular weight excluding hydrogens is 232 g/mol. The van der Waals surface area contributed by atoms with Crippen LogP contribution >= 0.6 is 0 Å². The highest BCUT2D eigenvalue weighted by Crippen LogP contribution is 2.22. The predicted octanol–water partition coefficient (Wildman–Crippen LogP) is 2.94. The van der Waals surface area contributed by atoms with Gasteiger partial charge in [0, 0.05) is 11.5 Å². The molecule has 0 fully saturated rings. The first kappa shape index (κ1) is 14.4. The molecule has 0 spiro atoms. The maximum Gasteiger partial charge on any atom is 0.331 e. The Morgan fingerprint density at radius 2 is 2.00 bits per heavy atom. The predicted molar refractivity (Wildman–Crippen MR) is 66.9 cm³/mol. The number of carbonyl (C=O) groups excluding carboxylic acids is 1. The first-order valence-corrected chi connectivity index (χ1v) is 5.89. The molecule has 0 aromatic carbocycles. The number of nitrogens with zero attached hydrogens (tertiary/aromatic N) is 2. The Balaban J connectivity index is 2.74. The molecule has 5 nitrogen and oxygen atoms in total. The Kier molecular flexibility index (Phi) is 4.27. The highest BCUT2D eigenvalue weighted by Gasteiger charge is 2.24. The zero-order valence-corrected chi connectivity index (χ0v) is 11.8. The van der Waals surface area contributed by atoms with Gasteiger partial charge in [-0.15, -0.1) is 0 Å². The van der Waals surface area contributed by atoms with Gasteiger partial charge < -0.3 is 9.26 Å². The van der Waals surface area contributed by atoms with Crippen molar-refractivity contribution < 1.29 is 14.1 Å². The van der Waals surface area contributed by atoms with Gasteiger partial charge in [-0.05, 0) is 20.8 Å². The number of aromatic nitrogens is 2. The summed E-state index contributed by atoms with van der Waals surface area (Å²) in [7, 11) is 0. The van der Waals surface area contributed by atoms with E-state index in [9.17, 15) is 4.79 Å². The summed E-state index contributed by atoms with van der Waals surface area (Å²) in [5.41, 5.74) is 0.693. The van der Waals surface area contributed by atoms with E-state index in [1.54, 1.807) is 6.92 Å². The Morgan fingerprint density at radius 3 is 2.44 bits per heavy atom. The minimum absolute atomic E-state index is 0.189. The summed E-state index contributed by atoms with van der Waals surface area (Å²) < 4.78 is 10.3. The fourth-order valence-corrected chi connectivity index (χ4v) is 1.20. The van der Waals surface area contributed by atoms with Gasteiger partial charge >= 0.3 is 5.97 Å². The van der Waals surface area contributed by atoms with Crippen LogP contribution in [0.25, 0.3) is 0 Å². The SMILES string of the molecule is CC(C)=CC(=O)OC(C)c1nc(C(C)(C)C)no1. The Bertz CT molecular complexity index is 451. The fourth-order valence-electron chi connectivity index (χ4n) is 1.20. The summed E-state index contributed by atoms with van der Waals surface area (Å²) in [5.74, 6) is 0.510. The summed E-state index contributed by atoms with van der Waals surface area (Å²) in [6.07, 6.45) is 0.883. The van der Waals surface area contributed by atoms with Crippen LogP contribution in [0, 0.1) is 0 Å². The molecule has 0 amide bonds. The van der Waals surface area contributed by atoms with Gasteiger partial charge in [0.15, 0.2) is 11.9 Å². The third kappa shape index (κ3) is 3.98. The van der Waals surface area contributed by atoms with E-state index < -0.39 is 12.1 Å². The average molecular weight is 252 g/mol. The van der Waals surface area contributed by atoms with Crippen molar-refractivity contribution in [3.8, 4) is 0 Å². The van der Waals surface area contributed by atoms with Crippen LogP contribution in [0.2, 0.25) is 0 Å². The molecule has 0 aliphatic heterocycles. The van der Waals surface area contributed by atoms with E-state index in [0.29, 0.717) is 11.7 Å². The largest absolute Gasteiger partial charge is 0.449 e. The van der Waals surface area contributed by atoms with Crippen molar-refractivity contribution in [2.24, 2.45) is 0 Å². The second kappa shape index (κ2) is 5.33. The normalized spacial score (nSPS) is 13.0. The van der Waals surface area contributed by atoms with E-state index in [-0.39, 0.29) is 5.41 Å². The lowest BCUT2D eigenvalue weighted by Crippen LogP contribution is -2.14. The van der Waals surface area contributed by atoms with Crippen molar-refractivity contribution in [3.05, 3.63) is 23.4 Å². The van der Waals surface area contributed by atoms with Crippen LogP contribution in [0.4, 0.5) is 0 Å². The van der Waals surface area contributed by atoms with E-state index in [2.05, 4.69) is 10.1 Å². The molecule has 5 heteroatoms. The van der Waals surface area contributed by atoms with Crippen LogP contribution in [0.15, 0.2) is 16.2 Å². The lowest BCUT2D eigenvalue weighted by molar-refractivity contribution is -0.143. The topological polar surface area (TPSA) is 65.2 Å². The van der Waals surface area contributed by atoms with Crippen molar-refractivity contribution in [1.29, 1.82) is 0 Å². The molecule has 1 atom stereocenters. The first-order chi connectivity index (χ1) is 8.20. The molecule has 0 aliphatic rings. The van der Waals surface area contributed by atoms with Gasteiger partial charge in [-0.25, -0.2) is 4.79 Å². The zero-order chi connectivity index (χ0) is 13.9. The number of carbonyl (C=O) groups is 1. The maximum absolute atomic E-state index is 11.5. The summed E-state index contributed by atoms with van der Waals surface area (Å²) in [4.78, 5) is 15.7. The minimum Gasteiger partial charge on any atom is -0.449 e. The average Bonchev–Trinajstić information content (AvgIpc) is 2.63. The lowest BCUT2D eigenvalue weighted by atomic mass is 9.96. The number of hydrogen-bond donors (Lipinski definition) is 0. The van der Waals surface area contributed by atoms with E-state index in [1.165, 1.54) is 6.08 Å². The van der Waals surface area contributed by atoms with E-state index in [1.807, 2.05) is 34.6 Å². The molecule has 18 heavy (non-hydrogen) atoms. The maximum atomic E-state index is 11.5. The Hall–Kier alpha value is -1.65. The van der Waals surface area contributed by atoms with Gasteiger partial charge in [-0.2, -0.15) is 4.98 Å². The molecular formula is C13H20N2O3. The molecule has 1 aromatic heterocycles. The first-order valence-electron chi connectivity index (χ1n) is 5.89. The van der Waals surface area contributed by atoms with Crippen LogP contribution in [-0.2, 0) is 14.9 Å². The molecule has 0 N–H and O–H groups in total. The molecule has 1 aromatic rings. The number of allylic oxidation sites excluding steroid dienone is 1. The molecule has 0 bridgehead atoms. The smallest absolute Gasteiger partial charge is 0.331 e. The van der Waals surface area contributed by atoms with Gasteiger partial charge in [0.2, 0.25) is 0 Å². The monoisotopic (exact) mass is 252 g/mol. The quantitative estimate of drug-likeness (QED) is 0.611. The number of ether oxygens (including phenoxy) is 1. The molecule has 1 heterocycles. The number of esters is 1. The summed E-state index contributed by atoms with van der Waals surface area (Å²) in [6, 6.07) is 0. The van der Waals surface area contributed by atoms with Crippen molar-refractivity contribution in [3.63, 3.8) is 0 Å². The van der Waals surface area contributed by atoms with E-state index >= 15 is 0 Å². The van der Waals surface area contributed by atoms with Gasteiger partial charge in [-0.1, -0.05) is 31.5 Å². The highest BCUT2D eigenvalue weighted by molar-refractivity contribution is 5.82. The second-order valence-corrected chi connectivity index (χ2v) is 5.51. The van der Waals surface area contributed by atoms with Crippen LogP contribution in [0.3, 0.4) is 0 Å². The second-order valence-electron chi connectivity index (χ2n) is 5.51. The Morgan fingerprint density at radius 1 is 1.39 bits per heavy atom. The Labute approximate surface area is 107 Å². The molecule has 1 unspecified atom stereocenters. The van der Waals surface area contributed by atoms with Crippen LogP contribution in [0.5, 0.6) is 0 Å². The standard InChI is InChI=1S/C13H20N2O3/c1-8(2)7-10(16)17-9(3)11-14-12(15-18-11)13(4,5)6/h7,9H,1-6H3. The number of rotatable bonds is 3. The number of hydrogen-bond acceptors (Lipinski definition) is 5. The zero-order valence-electron chi connectivity index (χ0n) is 11.8. The fraction of sp³-hybridized carbons (Fsp3) is 0.615. The van der Waals surface area contributed by atoms with Crippen LogP contribution in [-0.4, -0.2) is 16.1 Å². The molecule has 0 aliphatic carbocycles. The van der Waals surface area contributed by atoms with Gasteiger partial charge in [-0.3, -0.25) is 0 Å². The van der Waals surface area contributed by atoms with E-state index in [0.717, 1.165) is 5.57 Å². The van der Waals surface area contributed by atoms with Crippen LogP contribution in [0.1, 0.15) is 59.4 Å². The molecule has 0 saturated carbocycles. The molecule has 100 valence electrons. The van der Waals surface area contributed by atoms with Crippen molar-refractivity contribution in [2.75, 3.05) is 0 Å². The third-order valence-corrected chi connectivity index (χ3v) is 2.16.